The minimum Gasteiger partial charge on any atom is -0.353 e. The molecule has 3 heterocycles. The standard InChI is InChI=1S/C18H14ClN3O/c1-9-5-11(8-20-7-9)15-10(2)18(23)22-16-13-6-12(19)3-4-14(13)21-17(15)16/h3-8,21H,1-2H3,(H,22,23). The second-order valence-electron chi connectivity index (χ2n) is 5.77. The van der Waals surface area contributed by atoms with Crippen molar-refractivity contribution in [2.24, 2.45) is 0 Å². The van der Waals surface area contributed by atoms with Crippen molar-refractivity contribution in [1.82, 2.24) is 15.0 Å². The minimum atomic E-state index is -0.102. The SMILES string of the molecule is Cc1cncc(-c2c(C)c(=O)[nH]c3c2[nH]c2ccc(Cl)cc23)c1. The number of H-pyrrole nitrogens is 2. The number of aromatic nitrogens is 3. The Balaban J connectivity index is 2.20. The van der Waals surface area contributed by atoms with Crippen LogP contribution in [0.25, 0.3) is 33.1 Å². The zero-order valence-corrected chi connectivity index (χ0v) is 13.5. The highest BCUT2D eigenvalue weighted by Gasteiger charge is 2.16. The fraction of sp³-hybridized carbons (Fsp3) is 0.111. The summed E-state index contributed by atoms with van der Waals surface area (Å²) < 4.78 is 0. The number of pyridine rings is 2. The van der Waals surface area contributed by atoms with Crippen LogP contribution in [0.1, 0.15) is 11.1 Å². The number of nitrogens with one attached hydrogen (secondary N) is 2. The summed E-state index contributed by atoms with van der Waals surface area (Å²) in [6.45, 7) is 3.82. The molecular weight excluding hydrogens is 310 g/mol. The first kappa shape index (κ1) is 14.0. The molecular formula is C18H14ClN3O. The maximum absolute atomic E-state index is 12.4. The molecule has 0 radical (unpaired) electrons. The first-order valence-electron chi connectivity index (χ1n) is 7.30. The van der Waals surface area contributed by atoms with E-state index in [1.807, 2.05) is 38.1 Å². The van der Waals surface area contributed by atoms with Crippen molar-refractivity contribution >= 4 is 33.5 Å². The third-order valence-electron chi connectivity index (χ3n) is 4.13. The van der Waals surface area contributed by atoms with E-state index >= 15 is 0 Å². The van der Waals surface area contributed by atoms with Gasteiger partial charge in [0.15, 0.2) is 0 Å². The second kappa shape index (κ2) is 4.96. The van der Waals surface area contributed by atoms with Crippen LogP contribution < -0.4 is 5.56 Å². The third-order valence-corrected chi connectivity index (χ3v) is 4.36. The fourth-order valence-corrected chi connectivity index (χ4v) is 3.21. The van der Waals surface area contributed by atoms with E-state index in [0.29, 0.717) is 10.6 Å². The van der Waals surface area contributed by atoms with Crippen molar-refractivity contribution in [3.63, 3.8) is 0 Å². The number of hydrogen-bond donors (Lipinski definition) is 2. The molecule has 0 saturated carbocycles. The summed E-state index contributed by atoms with van der Waals surface area (Å²) in [6, 6.07) is 7.65. The Morgan fingerprint density at radius 1 is 1.04 bits per heavy atom. The summed E-state index contributed by atoms with van der Waals surface area (Å²) in [4.78, 5) is 23.0. The first-order chi connectivity index (χ1) is 11.0. The van der Waals surface area contributed by atoms with Crippen molar-refractivity contribution in [2.45, 2.75) is 13.8 Å². The molecule has 1 aromatic carbocycles. The number of aromatic amines is 2. The second-order valence-corrected chi connectivity index (χ2v) is 6.21. The van der Waals surface area contributed by atoms with Crippen molar-refractivity contribution < 1.29 is 0 Å². The molecule has 23 heavy (non-hydrogen) atoms. The van der Waals surface area contributed by atoms with Gasteiger partial charge < -0.3 is 9.97 Å². The molecule has 4 aromatic rings. The summed E-state index contributed by atoms with van der Waals surface area (Å²) in [6.07, 6.45) is 3.58. The van der Waals surface area contributed by atoms with Crippen LogP contribution in [0.2, 0.25) is 5.02 Å². The van der Waals surface area contributed by atoms with Gasteiger partial charge in [0.1, 0.15) is 0 Å². The molecule has 5 heteroatoms. The topological polar surface area (TPSA) is 61.5 Å². The lowest BCUT2D eigenvalue weighted by Crippen LogP contribution is -2.11. The zero-order chi connectivity index (χ0) is 16.1. The van der Waals surface area contributed by atoms with Crippen molar-refractivity contribution in [3.05, 3.63) is 63.2 Å². The number of hydrogen-bond acceptors (Lipinski definition) is 2. The van der Waals surface area contributed by atoms with Crippen LogP contribution in [0, 0.1) is 13.8 Å². The normalized spacial score (nSPS) is 11.4. The Morgan fingerprint density at radius 2 is 1.87 bits per heavy atom. The Morgan fingerprint density at radius 3 is 2.65 bits per heavy atom. The quantitative estimate of drug-likeness (QED) is 0.547. The molecule has 2 N–H and O–H groups in total. The van der Waals surface area contributed by atoms with Crippen LogP contribution in [-0.4, -0.2) is 15.0 Å². The molecule has 4 rings (SSSR count). The van der Waals surface area contributed by atoms with Gasteiger partial charge in [-0.25, -0.2) is 0 Å². The van der Waals surface area contributed by atoms with Crippen LogP contribution in [-0.2, 0) is 0 Å². The number of halogens is 1. The Hall–Kier alpha value is -2.59. The summed E-state index contributed by atoms with van der Waals surface area (Å²) in [7, 11) is 0. The molecule has 0 aliphatic rings. The molecule has 114 valence electrons. The number of rotatable bonds is 1. The van der Waals surface area contributed by atoms with Crippen LogP contribution in [0.4, 0.5) is 0 Å². The highest BCUT2D eigenvalue weighted by molar-refractivity contribution is 6.31. The molecule has 4 nitrogen and oxygen atoms in total. The van der Waals surface area contributed by atoms with E-state index < -0.39 is 0 Å². The summed E-state index contributed by atoms with van der Waals surface area (Å²) in [5.41, 5.74) is 6.03. The number of fused-ring (bicyclic) bond motifs is 3. The molecule has 3 aromatic heterocycles. The molecule has 0 amide bonds. The van der Waals surface area contributed by atoms with Gasteiger partial charge in [-0.15, -0.1) is 0 Å². The van der Waals surface area contributed by atoms with E-state index in [9.17, 15) is 4.79 Å². The summed E-state index contributed by atoms with van der Waals surface area (Å²) in [5, 5.41) is 1.55. The maximum Gasteiger partial charge on any atom is 0.252 e. The Bertz CT molecular complexity index is 1120. The molecule has 0 aliphatic heterocycles. The van der Waals surface area contributed by atoms with Crippen molar-refractivity contribution in [2.75, 3.05) is 0 Å². The smallest absolute Gasteiger partial charge is 0.252 e. The molecule has 0 aliphatic carbocycles. The number of aryl methyl sites for hydroxylation is 1. The highest BCUT2D eigenvalue weighted by Crippen LogP contribution is 2.33. The van der Waals surface area contributed by atoms with E-state index in [4.69, 9.17) is 11.6 Å². The average molecular weight is 324 g/mol. The van der Waals surface area contributed by atoms with E-state index in [0.717, 1.165) is 38.6 Å². The van der Waals surface area contributed by atoms with Gasteiger partial charge in [-0.1, -0.05) is 11.6 Å². The van der Waals surface area contributed by atoms with Crippen LogP contribution in [0.3, 0.4) is 0 Å². The molecule has 0 saturated heterocycles. The highest BCUT2D eigenvalue weighted by atomic mass is 35.5. The van der Waals surface area contributed by atoms with Crippen molar-refractivity contribution in [1.29, 1.82) is 0 Å². The van der Waals surface area contributed by atoms with E-state index in [2.05, 4.69) is 15.0 Å². The Kier molecular flexibility index (Phi) is 3.03. The summed E-state index contributed by atoms with van der Waals surface area (Å²) >= 11 is 6.11. The van der Waals surface area contributed by atoms with Gasteiger partial charge in [0, 0.05) is 45.0 Å². The zero-order valence-electron chi connectivity index (χ0n) is 12.7. The third kappa shape index (κ3) is 2.14. The van der Waals surface area contributed by atoms with Gasteiger partial charge in [-0.2, -0.15) is 0 Å². The average Bonchev–Trinajstić information content (AvgIpc) is 2.86. The largest absolute Gasteiger partial charge is 0.353 e. The fourth-order valence-electron chi connectivity index (χ4n) is 3.04. The minimum absolute atomic E-state index is 0.102. The van der Waals surface area contributed by atoms with Gasteiger partial charge in [-0.3, -0.25) is 9.78 Å². The summed E-state index contributed by atoms with van der Waals surface area (Å²) in [5.74, 6) is 0. The molecule has 0 bridgehead atoms. The van der Waals surface area contributed by atoms with Gasteiger partial charge >= 0.3 is 0 Å². The lowest BCUT2D eigenvalue weighted by atomic mass is 10.0. The lowest BCUT2D eigenvalue weighted by molar-refractivity contribution is 1.22. The maximum atomic E-state index is 12.4. The monoisotopic (exact) mass is 323 g/mol. The lowest BCUT2D eigenvalue weighted by Gasteiger charge is -2.08. The molecule has 0 spiro atoms. The van der Waals surface area contributed by atoms with Gasteiger partial charge in [0.05, 0.1) is 11.0 Å². The van der Waals surface area contributed by atoms with E-state index in [-0.39, 0.29) is 5.56 Å². The van der Waals surface area contributed by atoms with Crippen molar-refractivity contribution in [3.8, 4) is 11.1 Å². The van der Waals surface area contributed by atoms with E-state index in [1.165, 1.54) is 0 Å². The van der Waals surface area contributed by atoms with Gasteiger partial charge in [-0.05, 0) is 43.7 Å². The molecule has 0 unspecified atom stereocenters. The van der Waals surface area contributed by atoms with E-state index in [1.54, 1.807) is 12.4 Å². The predicted octanol–water partition coefficient (Wildman–Crippen LogP) is 4.34. The van der Waals surface area contributed by atoms with Crippen LogP contribution >= 0.6 is 11.6 Å². The molecule has 0 fully saturated rings. The number of benzene rings is 1. The van der Waals surface area contributed by atoms with Crippen LogP contribution in [0.5, 0.6) is 0 Å². The predicted molar refractivity (Wildman–Crippen MR) is 94.1 cm³/mol. The Labute approximate surface area is 137 Å². The molecule has 0 atom stereocenters. The van der Waals surface area contributed by atoms with Gasteiger partial charge in [0.25, 0.3) is 5.56 Å². The van der Waals surface area contributed by atoms with Crippen LogP contribution in [0.15, 0.2) is 41.5 Å². The number of nitrogens with zero attached hydrogens (tertiary/aromatic N) is 1. The first-order valence-corrected chi connectivity index (χ1v) is 7.68. The van der Waals surface area contributed by atoms with Gasteiger partial charge in [0.2, 0.25) is 0 Å².